The zero-order chi connectivity index (χ0) is 19.8. The van der Waals surface area contributed by atoms with Crippen LogP contribution in [0.1, 0.15) is 38.7 Å². The normalized spacial score (nSPS) is 17.7. The molecule has 1 aromatic rings. The van der Waals surface area contributed by atoms with Gasteiger partial charge in [0.25, 0.3) is 0 Å². The van der Waals surface area contributed by atoms with Gasteiger partial charge in [0, 0.05) is 18.6 Å². The lowest BCUT2D eigenvalue weighted by Gasteiger charge is -2.18. The lowest BCUT2D eigenvalue weighted by molar-refractivity contribution is -0.135. The van der Waals surface area contributed by atoms with Gasteiger partial charge >= 0.3 is 5.97 Å². The summed E-state index contributed by atoms with van der Waals surface area (Å²) in [7, 11) is 0. The van der Waals surface area contributed by atoms with Gasteiger partial charge in [-0.25, -0.2) is 0 Å². The maximum atomic E-state index is 12.3. The topological polar surface area (TPSA) is 105 Å². The van der Waals surface area contributed by atoms with E-state index in [2.05, 4.69) is 4.99 Å². The summed E-state index contributed by atoms with van der Waals surface area (Å²) < 4.78 is 11.1. The number of aliphatic imine (C=N–C) groups is 1. The van der Waals surface area contributed by atoms with Crippen LogP contribution >= 0.6 is 0 Å². The molecule has 0 saturated heterocycles. The van der Waals surface area contributed by atoms with Crippen LogP contribution < -0.4 is 9.47 Å². The number of aliphatic carboxylic acids is 1. The Morgan fingerprint density at radius 2 is 1.81 bits per heavy atom. The van der Waals surface area contributed by atoms with Crippen LogP contribution in [0.5, 0.6) is 11.5 Å². The lowest BCUT2D eigenvalue weighted by Crippen LogP contribution is -2.23. The first-order chi connectivity index (χ1) is 13.0. The average Bonchev–Trinajstić information content (AvgIpc) is 2.62. The van der Waals surface area contributed by atoms with Gasteiger partial charge in [-0.2, -0.15) is 0 Å². The number of ether oxygens (including phenoxy) is 2. The Bertz CT molecular complexity index is 766. The Labute approximate surface area is 158 Å². The molecule has 0 aromatic heterocycles. The fourth-order valence-corrected chi connectivity index (χ4v) is 2.96. The van der Waals surface area contributed by atoms with Crippen molar-refractivity contribution in [2.75, 3.05) is 19.8 Å². The minimum absolute atomic E-state index is 0.101. The molecule has 0 atom stereocenters. The van der Waals surface area contributed by atoms with Gasteiger partial charge in [0.15, 0.2) is 17.3 Å². The van der Waals surface area contributed by atoms with Gasteiger partial charge in [0.1, 0.15) is 12.3 Å². The van der Waals surface area contributed by atoms with Crippen LogP contribution in [0.25, 0.3) is 0 Å². The van der Waals surface area contributed by atoms with Gasteiger partial charge in [0.2, 0.25) is 0 Å². The minimum atomic E-state index is -1.08. The van der Waals surface area contributed by atoms with Crippen LogP contribution in [0.2, 0.25) is 0 Å². The van der Waals surface area contributed by atoms with Crippen molar-refractivity contribution in [3.63, 3.8) is 0 Å². The van der Waals surface area contributed by atoms with E-state index >= 15 is 0 Å². The summed E-state index contributed by atoms with van der Waals surface area (Å²) >= 11 is 0. The molecule has 146 valence electrons. The fourth-order valence-electron chi connectivity index (χ4n) is 2.96. The van der Waals surface area contributed by atoms with Crippen molar-refractivity contribution in [1.82, 2.24) is 0 Å². The third-order valence-corrected chi connectivity index (χ3v) is 4.06. The number of carbonyl (C=O) groups excluding carboxylic acids is 1. The second-order valence-electron chi connectivity index (χ2n) is 6.08. The molecule has 0 aliphatic heterocycles. The Balaban J connectivity index is 2.32. The molecule has 27 heavy (non-hydrogen) atoms. The quantitative estimate of drug-likeness (QED) is 0.534. The molecular formula is C20H25NO6. The van der Waals surface area contributed by atoms with Crippen molar-refractivity contribution < 1.29 is 29.3 Å². The van der Waals surface area contributed by atoms with Crippen molar-refractivity contribution in [3.8, 4) is 11.5 Å². The Morgan fingerprint density at radius 3 is 2.48 bits per heavy atom. The molecule has 0 bridgehead atoms. The third kappa shape index (κ3) is 5.57. The highest BCUT2D eigenvalue weighted by Crippen LogP contribution is 2.30. The molecule has 7 nitrogen and oxygen atoms in total. The number of aliphatic hydroxyl groups excluding tert-OH is 1. The summed E-state index contributed by atoms with van der Waals surface area (Å²) in [5, 5.41) is 19.4. The summed E-state index contributed by atoms with van der Waals surface area (Å²) in [5.74, 6) is -0.196. The highest BCUT2D eigenvalue weighted by Gasteiger charge is 2.25. The van der Waals surface area contributed by atoms with E-state index in [-0.39, 0.29) is 23.5 Å². The van der Waals surface area contributed by atoms with Crippen LogP contribution in [0.4, 0.5) is 0 Å². The van der Waals surface area contributed by atoms with E-state index in [1.807, 2.05) is 13.8 Å². The van der Waals surface area contributed by atoms with Gasteiger partial charge in [-0.05, 0) is 44.4 Å². The summed E-state index contributed by atoms with van der Waals surface area (Å²) in [4.78, 5) is 27.1. The lowest BCUT2D eigenvalue weighted by atomic mass is 9.89. The zero-order valence-corrected chi connectivity index (χ0v) is 15.7. The number of rotatable bonds is 8. The molecule has 7 heteroatoms. The summed E-state index contributed by atoms with van der Waals surface area (Å²) in [6.07, 6.45) is 1.52. The first-order valence-electron chi connectivity index (χ1n) is 9.05. The molecule has 1 fully saturated rings. The Hall–Kier alpha value is -2.83. The number of ketones is 1. The van der Waals surface area contributed by atoms with E-state index in [0.29, 0.717) is 49.7 Å². The minimum Gasteiger partial charge on any atom is -0.511 e. The van der Waals surface area contributed by atoms with Crippen LogP contribution in [0, 0.1) is 0 Å². The number of carbonyl (C=O) groups is 2. The number of nitrogens with zero attached hydrogens (tertiary/aromatic N) is 1. The van der Waals surface area contributed by atoms with E-state index in [4.69, 9.17) is 14.6 Å². The van der Waals surface area contributed by atoms with Crippen molar-refractivity contribution >= 4 is 17.5 Å². The largest absolute Gasteiger partial charge is 0.511 e. The second kappa shape index (κ2) is 9.75. The molecule has 1 saturated carbocycles. The van der Waals surface area contributed by atoms with E-state index in [9.17, 15) is 14.7 Å². The third-order valence-electron chi connectivity index (χ3n) is 4.06. The molecule has 0 heterocycles. The highest BCUT2D eigenvalue weighted by atomic mass is 16.5. The summed E-state index contributed by atoms with van der Waals surface area (Å²) in [5.41, 5.74) is 1.26. The van der Waals surface area contributed by atoms with Gasteiger partial charge in [0.05, 0.1) is 18.8 Å². The maximum absolute atomic E-state index is 12.3. The number of carboxylic acid groups (broad SMARTS) is 1. The number of allylic oxidation sites excluding steroid dienone is 2. The SMILES string of the molecule is CCOc1ccc(C/C(O)=C2/C(=O)CCCC2=NCC(=O)O)cc1OCC. The van der Waals surface area contributed by atoms with Crippen molar-refractivity contribution in [2.24, 2.45) is 4.99 Å². The van der Waals surface area contributed by atoms with Crippen LogP contribution in [0.3, 0.4) is 0 Å². The maximum Gasteiger partial charge on any atom is 0.325 e. The smallest absolute Gasteiger partial charge is 0.325 e. The van der Waals surface area contributed by atoms with E-state index < -0.39 is 12.5 Å². The summed E-state index contributed by atoms with van der Waals surface area (Å²) in [6.45, 7) is 4.31. The first kappa shape index (κ1) is 20.5. The van der Waals surface area contributed by atoms with Gasteiger partial charge in [-0.3, -0.25) is 14.6 Å². The van der Waals surface area contributed by atoms with Gasteiger partial charge in [-0.15, -0.1) is 0 Å². The summed E-state index contributed by atoms with van der Waals surface area (Å²) in [6, 6.07) is 5.34. The van der Waals surface area contributed by atoms with Gasteiger partial charge in [-0.1, -0.05) is 6.07 Å². The number of Topliss-reactive ketones (excluding diaryl/α,β-unsaturated/α-hetero) is 1. The molecule has 1 aromatic carbocycles. The van der Waals surface area contributed by atoms with E-state index in [0.717, 1.165) is 5.56 Å². The molecule has 0 unspecified atom stereocenters. The molecule has 0 amide bonds. The van der Waals surface area contributed by atoms with E-state index in [1.165, 1.54) is 0 Å². The number of carboxylic acids is 1. The molecular weight excluding hydrogens is 350 g/mol. The van der Waals surface area contributed by atoms with Crippen molar-refractivity contribution in [1.29, 1.82) is 0 Å². The number of hydrogen-bond donors (Lipinski definition) is 2. The molecule has 1 aliphatic rings. The Kier molecular flexibility index (Phi) is 7.40. The predicted octanol–water partition coefficient (Wildman–Crippen LogP) is 3.12. The molecule has 1 aliphatic carbocycles. The highest BCUT2D eigenvalue weighted by molar-refractivity contribution is 6.24. The Morgan fingerprint density at radius 1 is 1.11 bits per heavy atom. The van der Waals surface area contributed by atoms with Crippen LogP contribution in [-0.2, 0) is 16.0 Å². The average molecular weight is 375 g/mol. The molecule has 2 N–H and O–H groups in total. The van der Waals surface area contributed by atoms with Crippen LogP contribution in [-0.4, -0.2) is 47.4 Å². The number of hydrogen-bond acceptors (Lipinski definition) is 6. The fraction of sp³-hybridized carbons (Fsp3) is 0.450. The first-order valence-corrected chi connectivity index (χ1v) is 9.05. The standard InChI is InChI=1S/C20H25NO6/c1-3-26-17-9-8-13(11-18(17)27-4-2)10-16(23)20-14(21-12-19(24)25)6-5-7-15(20)22/h8-9,11,23H,3-7,10,12H2,1-2H3,(H,24,25)/b20-16-,21-14?. The number of aliphatic hydroxyl groups is 1. The van der Waals surface area contributed by atoms with E-state index in [1.54, 1.807) is 18.2 Å². The number of benzene rings is 1. The monoisotopic (exact) mass is 375 g/mol. The molecule has 2 rings (SSSR count). The molecule has 0 spiro atoms. The predicted molar refractivity (Wildman–Crippen MR) is 101 cm³/mol. The zero-order valence-electron chi connectivity index (χ0n) is 15.7. The van der Waals surface area contributed by atoms with Gasteiger partial charge < -0.3 is 19.7 Å². The van der Waals surface area contributed by atoms with Crippen molar-refractivity contribution in [2.45, 2.75) is 39.5 Å². The second-order valence-corrected chi connectivity index (χ2v) is 6.08. The molecule has 0 radical (unpaired) electrons. The van der Waals surface area contributed by atoms with Crippen LogP contribution in [0.15, 0.2) is 34.5 Å². The van der Waals surface area contributed by atoms with Crippen molar-refractivity contribution in [3.05, 3.63) is 35.1 Å².